The third kappa shape index (κ3) is 3.53. The van der Waals surface area contributed by atoms with E-state index < -0.39 is 11.5 Å². The molecule has 2 amide bonds. The minimum Gasteiger partial charge on any atom is -0.448 e. The van der Waals surface area contributed by atoms with Crippen LogP contribution >= 0.6 is 11.3 Å². The first-order valence-corrected chi connectivity index (χ1v) is 10.1. The quantitative estimate of drug-likeness (QED) is 0.449. The van der Waals surface area contributed by atoms with E-state index in [1.165, 1.54) is 29.2 Å². The Balaban J connectivity index is 1.38. The van der Waals surface area contributed by atoms with Crippen molar-refractivity contribution in [2.75, 3.05) is 10.6 Å². The van der Waals surface area contributed by atoms with Crippen molar-refractivity contribution in [2.45, 2.75) is 13.5 Å². The fourth-order valence-electron chi connectivity index (χ4n) is 3.30. The van der Waals surface area contributed by atoms with Crippen LogP contribution in [0.1, 0.15) is 6.92 Å². The van der Waals surface area contributed by atoms with E-state index in [0.717, 1.165) is 10.1 Å². The number of fused-ring (bicyclic) bond motifs is 4. The molecule has 0 saturated heterocycles. The number of aromatic nitrogens is 3. The Morgan fingerprint density at radius 1 is 1.16 bits per heavy atom. The van der Waals surface area contributed by atoms with Gasteiger partial charge in [-0.1, -0.05) is 23.5 Å². The van der Waals surface area contributed by atoms with E-state index in [9.17, 15) is 14.4 Å². The molecule has 0 radical (unpaired) electrons. The maximum Gasteiger partial charge on any atom is 0.297 e. The molecule has 0 fully saturated rings. The zero-order valence-electron chi connectivity index (χ0n) is 16.2. The van der Waals surface area contributed by atoms with Crippen molar-refractivity contribution in [2.24, 2.45) is 0 Å². The van der Waals surface area contributed by atoms with Crippen molar-refractivity contribution in [3.63, 3.8) is 0 Å². The lowest BCUT2D eigenvalue weighted by Crippen LogP contribution is -2.27. The number of benzene rings is 2. The lowest BCUT2D eigenvalue weighted by atomic mass is 10.2. The molecule has 0 aliphatic carbocycles. The zero-order chi connectivity index (χ0) is 21.5. The molecule has 0 atom stereocenters. The van der Waals surface area contributed by atoms with Gasteiger partial charge in [0.25, 0.3) is 5.56 Å². The summed E-state index contributed by atoms with van der Waals surface area (Å²) in [7, 11) is 0. The molecule has 31 heavy (non-hydrogen) atoms. The largest absolute Gasteiger partial charge is 0.448 e. The molecule has 0 unspecified atom stereocenters. The van der Waals surface area contributed by atoms with Gasteiger partial charge in [-0.3, -0.25) is 19.0 Å². The fraction of sp³-hybridized carbons (Fsp3) is 0.0952. The molecule has 0 aliphatic heterocycles. The number of nitrogens with one attached hydrogen (secondary N) is 2. The summed E-state index contributed by atoms with van der Waals surface area (Å²) in [5.41, 5.74) is 2.06. The van der Waals surface area contributed by atoms with E-state index in [-0.39, 0.29) is 18.0 Å². The van der Waals surface area contributed by atoms with Crippen molar-refractivity contribution in [3.8, 4) is 0 Å². The smallest absolute Gasteiger partial charge is 0.297 e. The molecule has 9 nitrogen and oxygen atoms in total. The number of hydrogen-bond acceptors (Lipinski definition) is 7. The van der Waals surface area contributed by atoms with Gasteiger partial charge in [-0.25, -0.2) is 9.97 Å². The number of anilines is 2. The SMILES string of the molecule is CC(=O)Nc1ccc2nc(NC(=O)Cn3cnc4c(oc5ccccc54)c3=O)sc2c1. The average Bonchev–Trinajstić information content (AvgIpc) is 3.30. The number of furan rings is 1. The van der Waals surface area contributed by atoms with Crippen LogP contribution in [0.15, 0.2) is 58.0 Å². The van der Waals surface area contributed by atoms with E-state index in [2.05, 4.69) is 20.6 Å². The number of carbonyl (C=O) groups excluding carboxylic acids is 2. The van der Waals surface area contributed by atoms with Gasteiger partial charge in [0.1, 0.15) is 17.6 Å². The summed E-state index contributed by atoms with van der Waals surface area (Å²) in [4.78, 5) is 45.1. The molecule has 0 bridgehead atoms. The van der Waals surface area contributed by atoms with E-state index >= 15 is 0 Å². The molecule has 2 N–H and O–H groups in total. The maximum atomic E-state index is 12.8. The number of hydrogen-bond donors (Lipinski definition) is 2. The maximum absolute atomic E-state index is 12.8. The lowest BCUT2D eigenvalue weighted by Gasteiger charge is -2.04. The summed E-state index contributed by atoms with van der Waals surface area (Å²) in [6, 6.07) is 12.5. The highest BCUT2D eigenvalue weighted by molar-refractivity contribution is 7.22. The summed E-state index contributed by atoms with van der Waals surface area (Å²) >= 11 is 1.27. The van der Waals surface area contributed by atoms with E-state index in [1.807, 2.05) is 18.2 Å². The molecule has 0 spiro atoms. The van der Waals surface area contributed by atoms with E-state index in [4.69, 9.17) is 4.42 Å². The van der Waals surface area contributed by atoms with Gasteiger partial charge >= 0.3 is 0 Å². The summed E-state index contributed by atoms with van der Waals surface area (Å²) in [5, 5.41) is 6.56. The van der Waals surface area contributed by atoms with E-state index in [0.29, 0.717) is 27.4 Å². The summed E-state index contributed by atoms with van der Waals surface area (Å²) in [5.74, 6) is -0.585. The topological polar surface area (TPSA) is 119 Å². The predicted molar refractivity (Wildman–Crippen MR) is 118 cm³/mol. The molecule has 0 saturated carbocycles. The number of carbonyl (C=O) groups is 2. The van der Waals surface area contributed by atoms with Gasteiger partial charge in [0, 0.05) is 18.0 Å². The Morgan fingerprint density at radius 2 is 2.00 bits per heavy atom. The lowest BCUT2D eigenvalue weighted by molar-refractivity contribution is -0.117. The van der Waals surface area contributed by atoms with Crippen LogP contribution in [0, 0.1) is 0 Å². The fourth-order valence-corrected chi connectivity index (χ4v) is 4.22. The Morgan fingerprint density at radius 3 is 2.84 bits per heavy atom. The van der Waals surface area contributed by atoms with Crippen LogP contribution in [0.4, 0.5) is 10.8 Å². The second-order valence-electron chi connectivity index (χ2n) is 6.88. The Bertz CT molecular complexity index is 1550. The van der Waals surface area contributed by atoms with Crippen molar-refractivity contribution in [1.82, 2.24) is 14.5 Å². The second-order valence-corrected chi connectivity index (χ2v) is 7.92. The molecular weight excluding hydrogens is 418 g/mol. The van der Waals surface area contributed by atoms with Crippen LogP contribution in [-0.4, -0.2) is 26.3 Å². The molecule has 3 heterocycles. The standard InChI is InChI=1S/C21H15N5O4S/c1-11(27)23-12-6-7-14-16(8-12)31-21(24-14)25-17(28)9-26-10-22-18-13-4-2-3-5-15(13)30-19(18)20(26)29/h2-8,10H,9H2,1H3,(H,23,27)(H,24,25,28). The highest BCUT2D eigenvalue weighted by Crippen LogP contribution is 2.28. The number of amides is 2. The van der Waals surface area contributed by atoms with Crippen LogP contribution in [0.5, 0.6) is 0 Å². The van der Waals surface area contributed by atoms with Crippen molar-refractivity contribution in [3.05, 3.63) is 59.1 Å². The first kappa shape index (κ1) is 18.9. The molecule has 0 aliphatic rings. The highest BCUT2D eigenvalue weighted by atomic mass is 32.1. The van der Waals surface area contributed by atoms with Crippen molar-refractivity contribution < 1.29 is 14.0 Å². The van der Waals surface area contributed by atoms with Crippen LogP contribution in [-0.2, 0) is 16.1 Å². The Kier molecular flexibility index (Phi) is 4.48. The number of para-hydroxylation sites is 1. The third-order valence-electron chi connectivity index (χ3n) is 4.62. The van der Waals surface area contributed by atoms with E-state index in [1.54, 1.807) is 24.3 Å². The summed E-state index contributed by atoms with van der Waals surface area (Å²) in [6.07, 6.45) is 1.34. The van der Waals surface area contributed by atoms with Gasteiger partial charge in [0.05, 0.1) is 16.5 Å². The molecule has 3 aromatic heterocycles. The van der Waals surface area contributed by atoms with Gasteiger partial charge in [-0.15, -0.1) is 0 Å². The third-order valence-corrected chi connectivity index (χ3v) is 5.55. The molecule has 2 aromatic carbocycles. The molecule has 10 heteroatoms. The van der Waals surface area contributed by atoms with Crippen molar-refractivity contribution in [1.29, 1.82) is 0 Å². The predicted octanol–water partition coefficient (Wildman–Crippen LogP) is 3.35. The molecular formula is C21H15N5O4S. The van der Waals surface area contributed by atoms with Crippen LogP contribution < -0.4 is 16.2 Å². The second kappa shape index (κ2) is 7.33. The molecule has 154 valence electrons. The minimum atomic E-state index is -0.430. The Hall–Kier alpha value is -4.05. The van der Waals surface area contributed by atoms with Gasteiger partial charge in [-0.05, 0) is 30.3 Å². The van der Waals surface area contributed by atoms with Gasteiger partial charge in [0.2, 0.25) is 17.4 Å². The van der Waals surface area contributed by atoms with Crippen LogP contribution in [0.2, 0.25) is 0 Å². The molecule has 5 rings (SSSR count). The van der Waals surface area contributed by atoms with Crippen LogP contribution in [0.3, 0.4) is 0 Å². The first-order chi connectivity index (χ1) is 15.0. The minimum absolute atomic E-state index is 0.113. The van der Waals surface area contributed by atoms with Crippen LogP contribution in [0.25, 0.3) is 32.3 Å². The zero-order valence-corrected chi connectivity index (χ0v) is 17.0. The number of nitrogens with zero attached hydrogens (tertiary/aromatic N) is 3. The first-order valence-electron chi connectivity index (χ1n) is 9.32. The normalized spacial score (nSPS) is 11.3. The highest BCUT2D eigenvalue weighted by Gasteiger charge is 2.15. The molecule has 5 aromatic rings. The van der Waals surface area contributed by atoms with Gasteiger partial charge < -0.3 is 15.1 Å². The Labute approximate surface area is 178 Å². The monoisotopic (exact) mass is 433 g/mol. The number of rotatable bonds is 4. The van der Waals surface area contributed by atoms with Crippen molar-refractivity contribution >= 4 is 66.3 Å². The van der Waals surface area contributed by atoms with Gasteiger partial charge in [0.15, 0.2) is 5.13 Å². The van der Waals surface area contributed by atoms with Gasteiger partial charge in [-0.2, -0.15) is 0 Å². The number of thiazole rings is 1. The average molecular weight is 433 g/mol. The summed E-state index contributed by atoms with van der Waals surface area (Å²) < 4.78 is 7.64. The summed E-state index contributed by atoms with van der Waals surface area (Å²) in [6.45, 7) is 1.20.